The van der Waals surface area contributed by atoms with Crippen LogP contribution in [-0.4, -0.2) is 10.5 Å². The molecule has 118 valence electrons. The van der Waals surface area contributed by atoms with Crippen molar-refractivity contribution in [2.45, 2.75) is 19.0 Å². The number of aromatic nitrogens is 1. The molecule has 0 bridgehead atoms. The van der Waals surface area contributed by atoms with Gasteiger partial charge in [0.15, 0.2) is 0 Å². The summed E-state index contributed by atoms with van der Waals surface area (Å²) < 4.78 is 2.07. The molecule has 1 N–H and O–H groups in total. The molecule has 5 heteroatoms. The maximum absolute atomic E-state index is 12.4. The summed E-state index contributed by atoms with van der Waals surface area (Å²) in [6.45, 7) is 0.446. The van der Waals surface area contributed by atoms with E-state index in [4.69, 9.17) is 11.6 Å². The highest BCUT2D eigenvalue weighted by Gasteiger charge is 2.18. The summed E-state index contributed by atoms with van der Waals surface area (Å²) in [4.78, 5) is 13.5. The quantitative estimate of drug-likeness (QED) is 0.702. The molecule has 3 rings (SSSR count). The summed E-state index contributed by atoms with van der Waals surface area (Å²) in [6, 6.07) is 15.6. The molecule has 0 aliphatic rings. The molecule has 1 amide bonds. The molecule has 1 atom stereocenters. The maximum Gasteiger partial charge on any atom is 0.222 e. The largest absolute Gasteiger partial charge is 0.352 e. The molecule has 3 nitrogen and oxygen atoms in total. The van der Waals surface area contributed by atoms with Gasteiger partial charge < -0.3 is 9.88 Å². The van der Waals surface area contributed by atoms with Gasteiger partial charge in [0.25, 0.3) is 0 Å². The predicted molar refractivity (Wildman–Crippen MR) is 94.8 cm³/mol. The minimum absolute atomic E-state index is 0.0111. The number of rotatable bonds is 6. The van der Waals surface area contributed by atoms with Crippen molar-refractivity contribution in [1.82, 2.24) is 9.88 Å². The molecule has 0 spiro atoms. The first-order valence-electron chi connectivity index (χ1n) is 7.40. The third-order valence-corrected chi connectivity index (χ3v) is 5.01. The normalized spacial score (nSPS) is 12.0. The molecule has 1 aromatic carbocycles. The number of halogens is 1. The summed E-state index contributed by atoms with van der Waals surface area (Å²) in [5.41, 5.74) is 0.927. The van der Waals surface area contributed by atoms with Gasteiger partial charge in [-0.1, -0.05) is 35.9 Å². The number of nitrogens with one attached hydrogen (secondary N) is 1. The molecule has 23 heavy (non-hydrogen) atoms. The van der Waals surface area contributed by atoms with E-state index in [2.05, 4.69) is 16.0 Å². The van der Waals surface area contributed by atoms with Crippen molar-refractivity contribution in [3.05, 3.63) is 81.8 Å². The molecule has 0 aliphatic carbocycles. The topological polar surface area (TPSA) is 34.0 Å². The van der Waals surface area contributed by atoms with Crippen molar-refractivity contribution in [3.63, 3.8) is 0 Å². The van der Waals surface area contributed by atoms with Gasteiger partial charge in [-0.25, -0.2) is 0 Å². The lowest BCUT2D eigenvalue weighted by molar-refractivity contribution is -0.121. The third-order valence-electron chi connectivity index (χ3n) is 3.67. The Labute approximate surface area is 144 Å². The first-order valence-corrected chi connectivity index (χ1v) is 8.66. The summed E-state index contributed by atoms with van der Waals surface area (Å²) >= 11 is 7.79. The van der Waals surface area contributed by atoms with Crippen LogP contribution >= 0.6 is 22.9 Å². The fourth-order valence-electron chi connectivity index (χ4n) is 2.47. The zero-order valence-electron chi connectivity index (χ0n) is 12.5. The van der Waals surface area contributed by atoms with Crippen LogP contribution in [0.15, 0.2) is 66.3 Å². The molecule has 2 heterocycles. The fourth-order valence-corrected chi connectivity index (χ4v) is 3.51. The molecular formula is C18H17ClN2OS. The smallest absolute Gasteiger partial charge is 0.222 e. The summed E-state index contributed by atoms with van der Waals surface area (Å²) in [7, 11) is 0. The predicted octanol–water partition coefficient (Wildman–Crippen LogP) is 4.50. The van der Waals surface area contributed by atoms with E-state index in [9.17, 15) is 4.79 Å². The SMILES string of the molecule is O=C(CC(c1cccs1)n1cccc1)NCc1ccccc1Cl. The van der Waals surface area contributed by atoms with Gasteiger partial charge in [-0.2, -0.15) is 0 Å². The van der Waals surface area contributed by atoms with E-state index < -0.39 is 0 Å². The molecule has 2 aromatic heterocycles. The number of thiophene rings is 1. The van der Waals surface area contributed by atoms with Crippen LogP contribution in [0.25, 0.3) is 0 Å². The Morgan fingerprint density at radius 1 is 1.13 bits per heavy atom. The molecule has 0 saturated heterocycles. The molecule has 0 saturated carbocycles. The Morgan fingerprint density at radius 2 is 1.91 bits per heavy atom. The second-order valence-corrected chi connectivity index (χ2v) is 6.62. The molecule has 0 radical (unpaired) electrons. The van der Waals surface area contributed by atoms with E-state index in [1.54, 1.807) is 11.3 Å². The van der Waals surface area contributed by atoms with Crippen LogP contribution in [-0.2, 0) is 11.3 Å². The van der Waals surface area contributed by atoms with Crippen molar-refractivity contribution < 1.29 is 4.79 Å². The zero-order chi connectivity index (χ0) is 16.1. The lowest BCUT2D eigenvalue weighted by atomic mass is 10.1. The van der Waals surface area contributed by atoms with Gasteiger partial charge in [0.05, 0.1) is 12.5 Å². The number of carbonyl (C=O) groups excluding carboxylic acids is 1. The number of carbonyl (C=O) groups is 1. The Hall–Kier alpha value is -2.04. The number of hydrogen-bond donors (Lipinski definition) is 1. The van der Waals surface area contributed by atoms with Crippen LogP contribution in [0.3, 0.4) is 0 Å². The second-order valence-electron chi connectivity index (χ2n) is 5.23. The standard InChI is InChI=1S/C18H17ClN2OS/c19-15-7-2-1-6-14(15)13-20-18(22)12-16(17-8-5-11-23-17)21-9-3-4-10-21/h1-11,16H,12-13H2,(H,20,22). The van der Waals surface area contributed by atoms with Crippen molar-refractivity contribution in [1.29, 1.82) is 0 Å². The van der Waals surface area contributed by atoms with E-state index in [1.165, 1.54) is 4.88 Å². The average Bonchev–Trinajstić information content (AvgIpc) is 3.25. The fraction of sp³-hybridized carbons (Fsp3) is 0.167. The van der Waals surface area contributed by atoms with Crippen LogP contribution in [0.5, 0.6) is 0 Å². The minimum Gasteiger partial charge on any atom is -0.352 e. The van der Waals surface area contributed by atoms with Crippen molar-refractivity contribution in [2.75, 3.05) is 0 Å². The van der Waals surface area contributed by atoms with Crippen LogP contribution in [0.4, 0.5) is 0 Å². The van der Waals surface area contributed by atoms with E-state index in [0.29, 0.717) is 18.0 Å². The van der Waals surface area contributed by atoms with Crippen molar-refractivity contribution in [3.8, 4) is 0 Å². The van der Waals surface area contributed by atoms with Crippen molar-refractivity contribution >= 4 is 28.8 Å². The van der Waals surface area contributed by atoms with Gasteiger partial charge in [0, 0.05) is 28.8 Å². The van der Waals surface area contributed by atoms with Crippen LogP contribution < -0.4 is 5.32 Å². The van der Waals surface area contributed by atoms with E-state index >= 15 is 0 Å². The maximum atomic E-state index is 12.4. The lowest BCUT2D eigenvalue weighted by Crippen LogP contribution is -2.26. The average molecular weight is 345 g/mol. The highest BCUT2D eigenvalue weighted by atomic mass is 35.5. The Balaban J connectivity index is 1.66. The third kappa shape index (κ3) is 4.03. The van der Waals surface area contributed by atoms with E-state index in [0.717, 1.165) is 5.56 Å². The highest BCUT2D eigenvalue weighted by molar-refractivity contribution is 7.10. The summed E-state index contributed by atoms with van der Waals surface area (Å²) in [6.07, 6.45) is 4.39. The van der Waals surface area contributed by atoms with Gasteiger partial charge >= 0.3 is 0 Å². The molecule has 3 aromatic rings. The highest BCUT2D eigenvalue weighted by Crippen LogP contribution is 2.26. The van der Waals surface area contributed by atoms with E-state index in [1.807, 2.05) is 60.2 Å². The van der Waals surface area contributed by atoms with Gasteiger partial charge in [-0.15, -0.1) is 11.3 Å². The molecule has 0 fully saturated rings. The minimum atomic E-state index is 0.0111. The number of amides is 1. The number of hydrogen-bond acceptors (Lipinski definition) is 2. The van der Waals surface area contributed by atoms with Gasteiger partial charge in [0.2, 0.25) is 5.91 Å². The summed E-state index contributed by atoms with van der Waals surface area (Å²) in [5.74, 6) is 0.0111. The van der Waals surface area contributed by atoms with Gasteiger partial charge in [-0.3, -0.25) is 4.79 Å². The lowest BCUT2D eigenvalue weighted by Gasteiger charge is -2.17. The number of nitrogens with zero attached hydrogens (tertiary/aromatic N) is 1. The zero-order valence-corrected chi connectivity index (χ0v) is 14.1. The van der Waals surface area contributed by atoms with Gasteiger partial charge in [0.1, 0.15) is 0 Å². The Morgan fingerprint density at radius 3 is 2.61 bits per heavy atom. The van der Waals surface area contributed by atoms with Crippen LogP contribution in [0, 0.1) is 0 Å². The van der Waals surface area contributed by atoms with Crippen LogP contribution in [0.2, 0.25) is 5.02 Å². The monoisotopic (exact) mass is 344 g/mol. The molecule has 0 aliphatic heterocycles. The Bertz CT molecular complexity index is 719. The Kier molecular flexibility index (Phi) is 5.16. The first-order chi connectivity index (χ1) is 11.2. The van der Waals surface area contributed by atoms with Crippen LogP contribution in [0.1, 0.15) is 22.9 Å². The molecular weight excluding hydrogens is 328 g/mol. The second kappa shape index (κ2) is 7.49. The summed E-state index contributed by atoms with van der Waals surface area (Å²) in [5, 5.41) is 5.67. The first kappa shape index (κ1) is 15.8. The molecule has 1 unspecified atom stereocenters. The number of benzene rings is 1. The van der Waals surface area contributed by atoms with E-state index in [-0.39, 0.29) is 11.9 Å². The van der Waals surface area contributed by atoms with Crippen molar-refractivity contribution in [2.24, 2.45) is 0 Å². The van der Waals surface area contributed by atoms with Gasteiger partial charge in [-0.05, 0) is 35.2 Å².